The van der Waals surface area contributed by atoms with Crippen molar-refractivity contribution >= 4 is 5.97 Å². The van der Waals surface area contributed by atoms with E-state index in [-0.39, 0.29) is 6.04 Å². The molecule has 0 aromatic rings. The third-order valence-electron chi connectivity index (χ3n) is 4.38. The van der Waals surface area contributed by atoms with E-state index in [1.54, 1.807) is 6.92 Å². The van der Waals surface area contributed by atoms with Crippen LogP contribution >= 0.6 is 0 Å². The number of unbranched alkanes of at least 4 members (excludes halogenated alkanes) is 11. The van der Waals surface area contributed by atoms with Gasteiger partial charge in [-0.2, -0.15) is 0 Å². The monoisotopic (exact) mass is 299 g/mol. The maximum absolute atomic E-state index is 10.8. The van der Waals surface area contributed by atoms with Crippen molar-refractivity contribution in [2.24, 2.45) is 0 Å². The molecule has 0 aromatic carbocycles. The van der Waals surface area contributed by atoms with Crippen molar-refractivity contribution in [1.29, 1.82) is 0 Å². The molecule has 0 radical (unpaired) electrons. The fourth-order valence-electron chi connectivity index (χ4n) is 2.58. The smallest absolute Gasteiger partial charge is 0.320 e. The Morgan fingerprint density at radius 2 is 1.24 bits per heavy atom. The summed E-state index contributed by atoms with van der Waals surface area (Å²) in [5.41, 5.74) is 0. The first-order valence-corrected chi connectivity index (χ1v) is 9.02. The molecule has 0 bridgehead atoms. The third-order valence-corrected chi connectivity index (χ3v) is 4.38. The van der Waals surface area contributed by atoms with Gasteiger partial charge in [0.15, 0.2) is 0 Å². The van der Waals surface area contributed by atoms with Crippen molar-refractivity contribution < 1.29 is 9.90 Å². The first kappa shape index (κ1) is 20.4. The van der Waals surface area contributed by atoms with E-state index in [1.165, 1.54) is 70.6 Å². The molecule has 1 unspecified atom stereocenters. The van der Waals surface area contributed by atoms with Crippen molar-refractivity contribution in [3.63, 3.8) is 0 Å². The zero-order chi connectivity index (χ0) is 15.9. The molecule has 1 N–H and O–H groups in total. The van der Waals surface area contributed by atoms with Gasteiger partial charge >= 0.3 is 5.97 Å². The van der Waals surface area contributed by atoms with E-state index in [9.17, 15) is 4.79 Å². The van der Waals surface area contributed by atoms with Gasteiger partial charge in [0.25, 0.3) is 0 Å². The molecule has 0 aliphatic carbocycles. The largest absolute Gasteiger partial charge is 0.480 e. The molecule has 126 valence electrons. The summed E-state index contributed by atoms with van der Waals surface area (Å²) >= 11 is 0. The predicted molar refractivity (Wildman–Crippen MR) is 90.8 cm³/mol. The molecule has 0 saturated carbocycles. The average molecular weight is 299 g/mol. The summed E-state index contributed by atoms with van der Waals surface area (Å²) in [6.45, 7) is 4.91. The minimum Gasteiger partial charge on any atom is -0.480 e. The van der Waals surface area contributed by atoms with E-state index < -0.39 is 5.97 Å². The van der Waals surface area contributed by atoms with Crippen LogP contribution in [0.15, 0.2) is 0 Å². The van der Waals surface area contributed by atoms with Gasteiger partial charge in [-0.1, -0.05) is 77.6 Å². The Balaban J connectivity index is 3.20. The van der Waals surface area contributed by atoms with Crippen molar-refractivity contribution in [2.45, 2.75) is 96.9 Å². The zero-order valence-electron chi connectivity index (χ0n) is 14.6. The summed E-state index contributed by atoms with van der Waals surface area (Å²) in [5, 5.41) is 8.90. The topological polar surface area (TPSA) is 40.5 Å². The summed E-state index contributed by atoms with van der Waals surface area (Å²) in [4.78, 5) is 12.7. The van der Waals surface area contributed by atoms with E-state index in [1.807, 2.05) is 11.9 Å². The van der Waals surface area contributed by atoms with Gasteiger partial charge in [0.1, 0.15) is 6.04 Å². The quantitative estimate of drug-likeness (QED) is 0.428. The highest BCUT2D eigenvalue weighted by atomic mass is 16.4. The summed E-state index contributed by atoms with van der Waals surface area (Å²) in [5.74, 6) is -0.726. The van der Waals surface area contributed by atoms with Crippen LogP contribution in [0.4, 0.5) is 0 Å². The summed E-state index contributed by atoms with van der Waals surface area (Å²) in [7, 11) is 1.90. The van der Waals surface area contributed by atoms with Gasteiger partial charge in [-0.25, -0.2) is 0 Å². The minimum atomic E-state index is -0.726. The molecule has 0 fully saturated rings. The zero-order valence-corrected chi connectivity index (χ0v) is 14.6. The van der Waals surface area contributed by atoms with Gasteiger partial charge in [-0.15, -0.1) is 0 Å². The molecule has 21 heavy (non-hydrogen) atoms. The molecule has 0 aliphatic rings. The number of carboxylic acids is 1. The van der Waals surface area contributed by atoms with Crippen molar-refractivity contribution in [3.8, 4) is 0 Å². The summed E-state index contributed by atoms with van der Waals surface area (Å²) < 4.78 is 0. The van der Waals surface area contributed by atoms with Gasteiger partial charge in [0.2, 0.25) is 0 Å². The molecule has 0 heterocycles. The lowest BCUT2D eigenvalue weighted by Gasteiger charge is -2.20. The van der Waals surface area contributed by atoms with Crippen LogP contribution in [-0.4, -0.2) is 35.6 Å². The standard InChI is InChI=1S/C18H37NO2/c1-4-5-6-7-8-9-10-11-12-13-14-15-16-19(3)17(2)18(20)21/h17H,4-16H2,1-3H3,(H,20,21). The second kappa shape index (κ2) is 14.4. The fraction of sp³-hybridized carbons (Fsp3) is 0.944. The highest BCUT2D eigenvalue weighted by Gasteiger charge is 2.15. The van der Waals surface area contributed by atoms with Gasteiger partial charge in [0.05, 0.1) is 0 Å². The van der Waals surface area contributed by atoms with E-state index in [4.69, 9.17) is 5.11 Å². The summed E-state index contributed by atoms with van der Waals surface area (Å²) in [6, 6.07) is -0.363. The van der Waals surface area contributed by atoms with E-state index >= 15 is 0 Å². The Bertz CT molecular complexity index is 243. The summed E-state index contributed by atoms with van der Waals surface area (Å²) in [6.07, 6.45) is 16.1. The van der Waals surface area contributed by atoms with Crippen LogP contribution in [0.2, 0.25) is 0 Å². The highest BCUT2D eigenvalue weighted by Crippen LogP contribution is 2.12. The van der Waals surface area contributed by atoms with Crippen LogP contribution in [0.3, 0.4) is 0 Å². The fourth-order valence-corrected chi connectivity index (χ4v) is 2.58. The van der Waals surface area contributed by atoms with E-state index in [2.05, 4.69) is 6.92 Å². The Hall–Kier alpha value is -0.570. The van der Waals surface area contributed by atoms with Crippen LogP contribution in [-0.2, 0) is 4.79 Å². The second-order valence-corrected chi connectivity index (χ2v) is 6.38. The van der Waals surface area contributed by atoms with Crippen molar-refractivity contribution in [1.82, 2.24) is 4.90 Å². The molecule has 3 nitrogen and oxygen atoms in total. The minimum absolute atomic E-state index is 0.363. The van der Waals surface area contributed by atoms with E-state index in [0.29, 0.717) is 0 Å². The normalized spacial score (nSPS) is 12.8. The van der Waals surface area contributed by atoms with Crippen LogP contribution in [0, 0.1) is 0 Å². The van der Waals surface area contributed by atoms with Crippen LogP contribution in [0.5, 0.6) is 0 Å². The Morgan fingerprint density at radius 3 is 1.62 bits per heavy atom. The molecule has 0 saturated heterocycles. The number of aliphatic carboxylic acids is 1. The van der Waals surface area contributed by atoms with Gasteiger partial charge in [-0.3, -0.25) is 9.69 Å². The highest BCUT2D eigenvalue weighted by molar-refractivity contribution is 5.72. The first-order chi connectivity index (χ1) is 10.1. The predicted octanol–water partition coefficient (Wildman–Crippen LogP) is 5.09. The number of carboxylic acid groups (broad SMARTS) is 1. The lowest BCUT2D eigenvalue weighted by molar-refractivity contribution is -0.142. The molecule has 0 aliphatic heterocycles. The van der Waals surface area contributed by atoms with Crippen LogP contribution in [0.25, 0.3) is 0 Å². The third kappa shape index (κ3) is 12.9. The molecule has 1 atom stereocenters. The van der Waals surface area contributed by atoms with E-state index in [0.717, 1.165) is 13.0 Å². The van der Waals surface area contributed by atoms with Gasteiger partial charge < -0.3 is 5.11 Å². The van der Waals surface area contributed by atoms with Crippen LogP contribution < -0.4 is 0 Å². The SMILES string of the molecule is CCCCCCCCCCCCCCN(C)C(C)C(=O)O. The maximum Gasteiger partial charge on any atom is 0.320 e. The molecule has 0 rings (SSSR count). The number of carbonyl (C=O) groups is 1. The Morgan fingerprint density at radius 1 is 0.857 bits per heavy atom. The first-order valence-electron chi connectivity index (χ1n) is 9.02. The molecule has 0 amide bonds. The van der Waals surface area contributed by atoms with Crippen molar-refractivity contribution in [2.75, 3.05) is 13.6 Å². The number of hydrogen-bond donors (Lipinski definition) is 1. The van der Waals surface area contributed by atoms with Crippen molar-refractivity contribution in [3.05, 3.63) is 0 Å². The second-order valence-electron chi connectivity index (χ2n) is 6.38. The van der Waals surface area contributed by atoms with Gasteiger partial charge in [0, 0.05) is 0 Å². The molecular weight excluding hydrogens is 262 g/mol. The molecular formula is C18H37NO2. The molecule has 0 aromatic heterocycles. The average Bonchev–Trinajstić information content (AvgIpc) is 2.47. The Kier molecular flexibility index (Phi) is 14.0. The Labute approximate surface area is 132 Å². The number of likely N-dealkylation sites (N-methyl/N-ethyl adjacent to an activating group) is 1. The lowest BCUT2D eigenvalue weighted by Crippen LogP contribution is -2.36. The van der Waals surface area contributed by atoms with Gasteiger partial charge in [-0.05, 0) is 26.9 Å². The maximum atomic E-state index is 10.8. The number of rotatable bonds is 15. The number of hydrogen-bond acceptors (Lipinski definition) is 2. The van der Waals surface area contributed by atoms with Crippen LogP contribution in [0.1, 0.15) is 90.9 Å². The molecule has 0 spiro atoms. The number of nitrogens with zero attached hydrogens (tertiary/aromatic N) is 1. The lowest BCUT2D eigenvalue weighted by atomic mass is 10.1. The molecule has 3 heteroatoms.